The Hall–Kier alpha value is -2.71. The van der Waals surface area contributed by atoms with E-state index < -0.39 is 12.0 Å². The van der Waals surface area contributed by atoms with E-state index in [-0.39, 0.29) is 11.2 Å². The fourth-order valence-corrected chi connectivity index (χ4v) is 1.77. The molecule has 0 radical (unpaired) electrons. The zero-order chi connectivity index (χ0) is 15.0. The third-order valence-corrected chi connectivity index (χ3v) is 2.75. The first-order valence-corrected chi connectivity index (χ1v) is 5.77. The molecule has 0 N–H and O–H groups in total. The summed E-state index contributed by atoms with van der Waals surface area (Å²) in [5, 5.41) is 0. The molecular formula is C12H8F3N5O. The summed E-state index contributed by atoms with van der Waals surface area (Å²) in [6, 6.07) is 3.23. The smallest absolute Gasteiger partial charge is 0.451 e. The summed E-state index contributed by atoms with van der Waals surface area (Å²) in [7, 11) is 1.47. The van der Waals surface area contributed by atoms with Crippen molar-refractivity contribution in [3.63, 3.8) is 0 Å². The standard InChI is InChI=1S/C12H8F3N5O/c1-21-9-3-2-7(4-16-9)20-6-18-8-5-17-11(12(13,14)15)19-10(8)20/h2-6H,1H3. The first-order valence-electron chi connectivity index (χ1n) is 5.77. The van der Waals surface area contributed by atoms with Crippen molar-refractivity contribution in [3.05, 3.63) is 36.7 Å². The highest BCUT2D eigenvalue weighted by atomic mass is 19.4. The minimum absolute atomic E-state index is 0.0595. The van der Waals surface area contributed by atoms with Gasteiger partial charge in [0.15, 0.2) is 5.65 Å². The van der Waals surface area contributed by atoms with Gasteiger partial charge in [-0.25, -0.2) is 19.9 Å². The van der Waals surface area contributed by atoms with E-state index in [2.05, 4.69) is 19.9 Å². The maximum Gasteiger partial charge on any atom is 0.451 e. The van der Waals surface area contributed by atoms with E-state index in [1.165, 1.54) is 24.2 Å². The predicted octanol–water partition coefficient (Wildman–Crippen LogP) is 2.24. The number of alkyl halides is 3. The second-order valence-corrected chi connectivity index (χ2v) is 4.07. The van der Waals surface area contributed by atoms with E-state index in [4.69, 9.17) is 4.74 Å². The summed E-state index contributed by atoms with van der Waals surface area (Å²) >= 11 is 0. The van der Waals surface area contributed by atoms with Gasteiger partial charge in [0.1, 0.15) is 11.8 Å². The van der Waals surface area contributed by atoms with Gasteiger partial charge in [0.2, 0.25) is 11.7 Å². The summed E-state index contributed by atoms with van der Waals surface area (Å²) in [4.78, 5) is 14.8. The second-order valence-electron chi connectivity index (χ2n) is 4.07. The number of rotatable bonds is 2. The Labute approximate surface area is 116 Å². The van der Waals surface area contributed by atoms with Crippen LogP contribution < -0.4 is 4.74 Å². The summed E-state index contributed by atoms with van der Waals surface area (Å²) in [6.45, 7) is 0. The molecule has 0 aliphatic heterocycles. The molecule has 108 valence electrons. The lowest BCUT2D eigenvalue weighted by molar-refractivity contribution is -0.144. The monoisotopic (exact) mass is 295 g/mol. The number of ether oxygens (including phenoxy) is 1. The van der Waals surface area contributed by atoms with Crippen LogP contribution in [0.3, 0.4) is 0 Å². The van der Waals surface area contributed by atoms with Gasteiger partial charge in [-0.3, -0.25) is 4.57 Å². The zero-order valence-corrected chi connectivity index (χ0v) is 10.7. The highest BCUT2D eigenvalue weighted by Crippen LogP contribution is 2.27. The first kappa shape index (κ1) is 13.3. The number of hydrogen-bond donors (Lipinski definition) is 0. The van der Waals surface area contributed by atoms with Crippen LogP contribution in [0.1, 0.15) is 5.82 Å². The van der Waals surface area contributed by atoms with Gasteiger partial charge < -0.3 is 4.74 Å². The average molecular weight is 295 g/mol. The van der Waals surface area contributed by atoms with Gasteiger partial charge >= 0.3 is 6.18 Å². The van der Waals surface area contributed by atoms with Gasteiger partial charge in [0, 0.05) is 6.07 Å². The Morgan fingerprint density at radius 3 is 2.52 bits per heavy atom. The average Bonchev–Trinajstić information content (AvgIpc) is 2.89. The van der Waals surface area contributed by atoms with E-state index in [0.29, 0.717) is 11.6 Å². The molecule has 0 amide bonds. The molecule has 3 aromatic rings. The minimum atomic E-state index is -4.61. The summed E-state index contributed by atoms with van der Waals surface area (Å²) in [5.74, 6) is -0.813. The fraction of sp³-hybridized carbons (Fsp3) is 0.167. The highest BCUT2D eigenvalue weighted by molar-refractivity contribution is 5.71. The van der Waals surface area contributed by atoms with Crippen LogP contribution in [0.2, 0.25) is 0 Å². The van der Waals surface area contributed by atoms with Crippen molar-refractivity contribution in [2.75, 3.05) is 7.11 Å². The predicted molar refractivity (Wildman–Crippen MR) is 66.0 cm³/mol. The van der Waals surface area contributed by atoms with Gasteiger partial charge in [-0.05, 0) is 6.07 Å². The van der Waals surface area contributed by atoms with Crippen LogP contribution in [0.25, 0.3) is 16.9 Å². The fourth-order valence-electron chi connectivity index (χ4n) is 1.77. The van der Waals surface area contributed by atoms with Crippen LogP contribution in [0.15, 0.2) is 30.9 Å². The second kappa shape index (κ2) is 4.69. The molecule has 0 saturated carbocycles. The van der Waals surface area contributed by atoms with Crippen LogP contribution in [0, 0.1) is 0 Å². The summed E-state index contributed by atoms with van der Waals surface area (Å²) < 4.78 is 44.3. The van der Waals surface area contributed by atoms with E-state index in [1.54, 1.807) is 12.1 Å². The Morgan fingerprint density at radius 1 is 1.10 bits per heavy atom. The van der Waals surface area contributed by atoms with Crippen LogP contribution in [-0.2, 0) is 6.18 Å². The van der Waals surface area contributed by atoms with Crippen LogP contribution in [-0.4, -0.2) is 31.6 Å². The molecule has 0 aliphatic rings. The molecule has 0 spiro atoms. The lowest BCUT2D eigenvalue weighted by Gasteiger charge is -2.06. The molecule has 3 rings (SSSR count). The number of aromatic nitrogens is 5. The molecule has 6 nitrogen and oxygen atoms in total. The van der Waals surface area contributed by atoms with Gasteiger partial charge in [0.25, 0.3) is 0 Å². The van der Waals surface area contributed by atoms with E-state index in [9.17, 15) is 13.2 Å². The van der Waals surface area contributed by atoms with Gasteiger partial charge in [-0.1, -0.05) is 0 Å². The minimum Gasteiger partial charge on any atom is -0.481 e. The maximum atomic E-state index is 12.7. The van der Waals surface area contributed by atoms with E-state index in [1.807, 2.05) is 0 Å². The number of methoxy groups -OCH3 is 1. The summed E-state index contributed by atoms with van der Waals surface area (Å²) in [6.07, 6.45) is -0.752. The van der Waals surface area contributed by atoms with Crippen molar-refractivity contribution < 1.29 is 17.9 Å². The molecule has 0 saturated heterocycles. The SMILES string of the molecule is COc1ccc(-n2cnc3cnc(C(F)(F)F)nc32)cn1. The van der Waals surface area contributed by atoms with Crippen molar-refractivity contribution in [2.45, 2.75) is 6.18 Å². The molecule has 0 atom stereocenters. The third kappa shape index (κ3) is 2.37. The number of imidazole rings is 1. The molecular weight excluding hydrogens is 287 g/mol. The Morgan fingerprint density at radius 2 is 1.90 bits per heavy atom. The number of nitrogens with zero attached hydrogens (tertiary/aromatic N) is 5. The largest absolute Gasteiger partial charge is 0.481 e. The highest BCUT2D eigenvalue weighted by Gasteiger charge is 2.35. The number of hydrogen-bond acceptors (Lipinski definition) is 5. The number of pyridine rings is 1. The van der Waals surface area contributed by atoms with Crippen LogP contribution in [0.5, 0.6) is 5.88 Å². The quantitative estimate of drug-likeness (QED) is 0.725. The van der Waals surface area contributed by atoms with Crippen molar-refractivity contribution in [1.82, 2.24) is 24.5 Å². The molecule has 3 heterocycles. The normalized spacial score (nSPS) is 11.8. The Bertz CT molecular complexity index is 782. The van der Waals surface area contributed by atoms with Gasteiger partial charge in [0.05, 0.1) is 25.2 Å². The Balaban J connectivity index is 2.13. The number of fused-ring (bicyclic) bond motifs is 1. The third-order valence-electron chi connectivity index (χ3n) is 2.75. The van der Waals surface area contributed by atoms with E-state index >= 15 is 0 Å². The topological polar surface area (TPSA) is 65.7 Å². The Kier molecular flexibility index (Phi) is 2.96. The number of halogens is 3. The molecule has 0 fully saturated rings. The lowest BCUT2D eigenvalue weighted by Crippen LogP contribution is -2.11. The molecule has 0 unspecified atom stereocenters. The van der Waals surface area contributed by atoms with Gasteiger partial charge in [-0.2, -0.15) is 13.2 Å². The zero-order valence-electron chi connectivity index (χ0n) is 10.7. The summed E-state index contributed by atoms with van der Waals surface area (Å²) in [5.41, 5.74) is 0.841. The van der Waals surface area contributed by atoms with Gasteiger partial charge in [-0.15, -0.1) is 0 Å². The maximum absolute atomic E-state index is 12.7. The van der Waals surface area contributed by atoms with Crippen LogP contribution >= 0.6 is 0 Å². The molecule has 0 aromatic carbocycles. The van der Waals surface area contributed by atoms with Crippen LogP contribution in [0.4, 0.5) is 13.2 Å². The molecule has 0 bridgehead atoms. The van der Waals surface area contributed by atoms with E-state index in [0.717, 1.165) is 6.20 Å². The molecule has 0 aliphatic carbocycles. The first-order chi connectivity index (χ1) is 9.99. The van der Waals surface area contributed by atoms with Crippen molar-refractivity contribution >= 4 is 11.2 Å². The van der Waals surface area contributed by atoms with Crippen molar-refractivity contribution in [2.24, 2.45) is 0 Å². The van der Waals surface area contributed by atoms with Crippen molar-refractivity contribution in [1.29, 1.82) is 0 Å². The lowest BCUT2D eigenvalue weighted by atomic mass is 10.4. The molecule has 9 heteroatoms. The molecule has 3 aromatic heterocycles. The molecule has 21 heavy (non-hydrogen) atoms. The van der Waals surface area contributed by atoms with Crippen molar-refractivity contribution in [3.8, 4) is 11.6 Å².